The van der Waals surface area contributed by atoms with Crippen molar-refractivity contribution < 1.29 is 19.8 Å². The van der Waals surface area contributed by atoms with Crippen LogP contribution in [-0.4, -0.2) is 22.1 Å². The number of anilines is 2. The van der Waals surface area contributed by atoms with E-state index in [1.807, 2.05) is 60.7 Å². The molecule has 0 bridgehead atoms. The number of phenols is 1. The van der Waals surface area contributed by atoms with Crippen molar-refractivity contribution >= 4 is 39.2 Å². The van der Waals surface area contributed by atoms with Crippen molar-refractivity contribution in [1.29, 1.82) is 0 Å². The zero-order valence-electron chi connectivity index (χ0n) is 15.6. The second-order valence-electron chi connectivity index (χ2n) is 6.75. The summed E-state index contributed by atoms with van der Waals surface area (Å²) in [5.41, 5.74) is 2.26. The second kappa shape index (κ2) is 8.04. The zero-order chi connectivity index (χ0) is 21.3. The van der Waals surface area contributed by atoms with Crippen LogP contribution < -0.4 is 10.2 Å². The summed E-state index contributed by atoms with van der Waals surface area (Å²) in [7, 11) is 0. The number of carboxylic acid groups (broad SMARTS) is 1. The molecule has 0 unspecified atom stereocenters. The van der Waals surface area contributed by atoms with E-state index in [0.717, 1.165) is 15.7 Å². The van der Waals surface area contributed by atoms with Crippen LogP contribution in [0.25, 0.3) is 0 Å². The molecule has 30 heavy (non-hydrogen) atoms. The predicted molar refractivity (Wildman–Crippen MR) is 118 cm³/mol. The highest BCUT2D eigenvalue weighted by molar-refractivity contribution is 9.10. The van der Waals surface area contributed by atoms with Crippen LogP contribution in [-0.2, 0) is 4.79 Å². The minimum atomic E-state index is -1.22. The summed E-state index contributed by atoms with van der Waals surface area (Å²) in [6, 6.07) is 20.9. The largest absolute Gasteiger partial charge is 0.507 e. The van der Waals surface area contributed by atoms with Crippen LogP contribution >= 0.6 is 15.9 Å². The van der Waals surface area contributed by atoms with Crippen LogP contribution in [0.1, 0.15) is 22.0 Å². The monoisotopic (exact) mass is 464 g/mol. The van der Waals surface area contributed by atoms with Crippen molar-refractivity contribution in [2.45, 2.75) is 6.04 Å². The van der Waals surface area contributed by atoms with Gasteiger partial charge in [-0.05, 0) is 48.0 Å². The van der Waals surface area contributed by atoms with Gasteiger partial charge < -0.3 is 15.5 Å². The maximum atomic E-state index is 13.3. The van der Waals surface area contributed by atoms with E-state index in [-0.39, 0.29) is 23.3 Å². The third-order valence-corrected chi connectivity index (χ3v) is 5.33. The number of halogens is 1. The fraction of sp³-hybridized carbons (Fsp3) is 0.0435. The van der Waals surface area contributed by atoms with E-state index in [1.165, 1.54) is 18.2 Å². The highest BCUT2D eigenvalue weighted by Crippen LogP contribution is 2.36. The van der Waals surface area contributed by atoms with Crippen LogP contribution in [0, 0.1) is 0 Å². The first-order valence-electron chi connectivity index (χ1n) is 9.13. The molecule has 6 nitrogen and oxygen atoms in total. The lowest BCUT2D eigenvalue weighted by Crippen LogP contribution is -2.30. The van der Waals surface area contributed by atoms with Gasteiger partial charge in [0.2, 0.25) is 0 Å². The van der Waals surface area contributed by atoms with Gasteiger partial charge in [0.25, 0.3) is 5.91 Å². The number of carboxylic acids is 1. The number of nitrogens with one attached hydrogen (secondary N) is 1. The van der Waals surface area contributed by atoms with Crippen molar-refractivity contribution in [1.82, 2.24) is 0 Å². The van der Waals surface area contributed by atoms with Gasteiger partial charge in [-0.25, -0.2) is 4.79 Å². The molecule has 3 aromatic carbocycles. The Hall–Kier alpha value is -3.58. The van der Waals surface area contributed by atoms with E-state index in [9.17, 15) is 14.7 Å². The van der Waals surface area contributed by atoms with Crippen molar-refractivity contribution in [3.05, 3.63) is 100 Å². The number of nitrogens with zero attached hydrogens (tertiary/aromatic N) is 1. The first kappa shape index (κ1) is 19.7. The van der Waals surface area contributed by atoms with Crippen LogP contribution in [0.15, 0.2) is 89.0 Å². The quantitative estimate of drug-likeness (QED) is 0.497. The fourth-order valence-corrected chi connectivity index (χ4v) is 3.64. The zero-order valence-corrected chi connectivity index (χ0v) is 17.2. The number of hydrogen-bond acceptors (Lipinski definition) is 4. The topological polar surface area (TPSA) is 89.9 Å². The first-order chi connectivity index (χ1) is 14.4. The number of carbonyl (C=O) groups is 2. The Bertz CT molecular complexity index is 1140. The maximum Gasteiger partial charge on any atom is 0.339 e. The maximum absolute atomic E-state index is 13.3. The molecular weight excluding hydrogens is 448 g/mol. The molecular formula is C23H17BrN2O4. The summed E-state index contributed by atoms with van der Waals surface area (Å²) in [5.74, 6) is -1.82. The lowest BCUT2D eigenvalue weighted by molar-refractivity contribution is -0.114. The van der Waals surface area contributed by atoms with Gasteiger partial charge in [0.15, 0.2) is 0 Å². The third-order valence-electron chi connectivity index (χ3n) is 4.80. The normalized spacial score (nSPS) is 15.8. The van der Waals surface area contributed by atoms with Crippen LogP contribution in [0.2, 0.25) is 0 Å². The lowest BCUT2D eigenvalue weighted by Gasteiger charge is -2.25. The Morgan fingerprint density at radius 1 is 1.00 bits per heavy atom. The molecule has 0 aliphatic carbocycles. The van der Waals surface area contributed by atoms with E-state index in [4.69, 9.17) is 5.11 Å². The van der Waals surface area contributed by atoms with Crippen LogP contribution in [0.4, 0.5) is 11.4 Å². The lowest BCUT2D eigenvalue weighted by atomic mass is 10.1. The molecule has 0 spiro atoms. The van der Waals surface area contributed by atoms with E-state index in [0.29, 0.717) is 11.4 Å². The molecule has 1 amide bonds. The molecule has 4 rings (SSSR count). The smallest absolute Gasteiger partial charge is 0.339 e. The number of para-hydroxylation sites is 1. The van der Waals surface area contributed by atoms with Gasteiger partial charge in [0.1, 0.15) is 17.0 Å². The van der Waals surface area contributed by atoms with Gasteiger partial charge in [-0.1, -0.05) is 46.3 Å². The number of amides is 1. The molecule has 3 aromatic rings. The van der Waals surface area contributed by atoms with Crippen LogP contribution in [0.5, 0.6) is 5.75 Å². The van der Waals surface area contributed by atoms with Gasteiger partial charge in [0.05, 0.1) is 6.04 Å². The van der Waals surface area contributed by atoms with E-state index in [1.54, 1.807) is 4.90 Å². The molecule has 0 radical (unpaired) electrons. The van der Waals surface area contributed by atoms with E-state index < -0.39 is 5.97 Å². The average Bonchev–Trinajstić information content (AvgIpc) is 3.05. The van der Waals surface area contributed by atoms with Gasteiger partial charge in [-0.15, -0.1) is 0 Å². The first-order valence-corrected chi connectivity index (χ1v) is 9.92. The summed E-state index contributed by atoms with van der Waals surface area (Å²) >= 11 is 3.43. The van der Waals surface area contributed by atoms with Gasteiger partial charge in [-0.3, -0.25) is 9.69 Å². The second-order valence-corrected chi connectivity index (χ2v) is 7.67. The summed E-state index contributed by atoms with van der Waals surface area (Å²) in [6.07, 6.45) is 1.82. The molecule has 3 N–H and O–H groups in total. The Labute approximate surface area is 181 Å². The highest BCUT2D eigenvalue weighted by atomic mass is 79.9. The summed E-state index contributed by atoms with van der Waals surface area (Å²) in [5, 5.41) is 22.0. The minimum Gasteiger partial charge on any atom is -0.507 e. The van der Waals surface area contributed by atoms with Crippen molar-refractivity contribution in [3.63, 3.8) is 0 Å². The molecule has 150 valence electrons. The number of carbonyl (C=O) groups excluding carboxylic acids is 1. The number of aromatic hydroxyl groups is 1. The summed E-state index contributed by atoms with van der Waals surface area (Å²) < 4.78 is 0.943. The summed E-state index contributed by atoms with van der Waals surface area (Å²) in [6.45, 7) is 0. The minimum absolute atomic E-state index is 0.203. The van der Waals surface area contributed by atoms with Crippen molar-refractivity contribution in [2.75, 3.05) is 10.2 Å². The molecule has 0 fully saturated rings. The van der Waals surface area contributed by atoms with Crippen LogP contribution in [0.3, 0.4) is 0 Å². The fourth-order valence-electron chi connectivity index (χ4n) is 3.37. The number of rotatable bonds is 5. The Kier molecular flexibility index (Phi) is 5.29. The molecule has 0 saturated heterocycles. The van der Waals surface area contributed by atoms with Gasteiger partial charge in [0, 0.05) is 21.9 Å². The Morgan fingerprint density at radius 2 is 1.70 bits per heavy atom. The Morgan fingerprint density at radius 3 is 2.33 bits per heavy atom. The molecule has 0 saturated carbocycles. The van der Waals surface area contributed by atoms with Crippen molar-refractivity contribution in [2.24, 2.45) is 0 Å². The highest BCUT2D eigenvalue weighted by Gasteiger charge is 2.34. The van der Waals surface area contributed by atoms with Gasteiger partial charge >= 0.3 is 5.97 Å². The Balaban J connectivity index is 1.70. The molecule has 7 heteroatoms. The number of aromatic carboxylic acids is 1. The molecule has 1 heterocycles. The summed E-state index contributed by atoms with van der Waals surface area (Å²) in [4.78, 5) is 26.0. The van der Waals surface area contributed by atoms with E-state index >= 15 is 0 Å². The average molecular weight is 465 g/mol. The number of hydrogen-bond donors (Lipinski definition) is 3. The molecule has 1 atom stereocenters. The predicted octanol–water partition coefficient (Wildman–Crippen LogP) is 4.94. The van der Waals surface area contributed by atoms with Crippen molar-refractivity contribution in [3.8, 4) is 5.75 Å². The standard InChI is InChI=1S/C23H17BrN2O4/c24-15-8-6-14(7-9-15)20-13-19(22(28)26(20)17-4-2-1-3-5-17)25-16-10-11-18(23(29)30)21(27)12-16/h1-13,20,25,27H,(H,29,30)/t20-/m1/s1. The van der Waals surface area contributed by atoms with Gasteiger partial charge in [-0.2, -0.15) is 0 Å². The third kappa shape index (κ3) is 3.79. The number of benzene rings is 3. The molecule has 1 aliphatic heterocycles. The van der Waals surface area contributed by atoms with E-state index in [2.05, 4.69) is 21.2 Å². The SMILES string of the molecule is O=C(O)c1ccc(NC2=C[C@H](c3ccc(Br)cc3)N(c3ccccc3)C2=O)cc1O. The molecule has 1 aliphatic rings. The molecule has 0 aromatic heterocycles.